The van der Waals surface area contributed by atoms with E-state index in [2.05, 4.69) is 4.98 Å². The Bertz CT molecular complexity index is 790. The fraction of sp³-hybridized carbons (Fsp3) is 0. The number of fused-ring (bicyclic) bond motifs is 3. The van der Waals surface area contributed by atoms with E-state index in [0.29, 0.717) is 16.8 Å². The Labute approximate surface area is 96.9 Å². The number of H-pyrrole nitrogens is 1. The molecule has 3 rings (SSSR count). The summed E-state index contributed by atoms with van der Waals surface area (Å²) in [6.45, 7) is 0. The Balaban J connectivity index is 2.60. The van der Waals surface area contributed by atoms with Crippen LogP contribution in [0.25, 0.3) is 21.7 Å². The van der Waals surface area contributed by atoms with Gasteiger partial charge < -0.3 is 16.5 Å². The molecule has 0 unspecified atom stereocenters. The number of nitrogen functional groups attached to an aromatic ring is 2. The van der Waals surface area contributed by atoms with Crippen molar-refractivity contribution in [1.29, 1.82) is 0 Å². The molecular weight excluding hydrogens is 214 g/mol. The van der Waals surface area contributed by atoms with Gasteiger partial charge in [0.25, 0.3) is 5.56 Å². The number of nitrogens with two attached hydrogens (primary N) is 2. The lowest BCUT2D eigenvalue weighted by Gasteiger charge is -2.05. The van der Waals surface area contributed by atoms with Crippen LogP contribution >= 0.6 is 0 Å². The quantitative estimate of drug-likeness (QED) is 0.403. The molecule has 0 aliphatic carbocycles. The van der Waals surface area contributed by atoms with Crippen molar-refractivity contribution in [3.8, 4) is 0 Å². The second-order valence-corrected chi connectivity index (χ2v) is 4.06. The molecule has 5 N–H and O–H groups in total. The first kappa shape index (κ1) is 9.72. The first-order chi connectivity index (χ1) is 8.15. The van der Waals surface area contributed by atoms with Crippen LogP contribution in [0.1, 0.15) is 0 Å². The van der Waals surface area contributed by atoms with Crippen LogP contribution in [0.4, 0.5) is 11.4 Å². The molecular formula is C13H11N3O. The molecule has 0 saturated carbocycles. The molecule has 0 spiro atoms. The monoisotopic (exact) mass is 225 g/mol. The summed E-state index contributed by atoms with van der Waals surface area (Å²) in [6, 6.07) is 10.8. The Morgan fingerprint density at radius 1 is 0.824 bits per heavy atom. The highest BCUT2D eigenvalue weighted by atomic mass is 16.1. The highest BCUT2D eigenvalue weighted by molar-refractivity contribution is 6.06. The molecule has 0 fully saturated rings. The maximum absolute atomic E-state index is 11.9. The third-order valence-electron chi connectivity index (χ3n) is 2.87. The smallest absolute Gasteiger partial charge is 0.256 e. The number of hydrogen-bond acceptors (Lipinski definition) is 3. The third-order valence-corrected chi connectivity index (χ3v) is 2.87. The van der Waals surface area contributed by atoms with Crippen LogP contribution in [0.3, 0.4) is 0 Å². The van der Waals surface area contributed by atoms with Crippen LogP contribution in [-0.4, -0.2) is 4.98 Å². The van der Waals surface area contributed by atoms with Crippen LogP contribution in [0.5, 0.6) is 0 Å². The second-order valence-electron chi connectivity index (χ2n) is 4.06. The van der Waals surface area contributed by atoms with Crippen molar-refractivity contribution in [3.05, 3.63) is 46.8 Å². The molecule has 3 aromatic rings. The Kier molecular flexibility index (Phi) is 1.86. The minimum atomic E-state index is -0.148. The standard InChI is InChI=1S/C13H11N3O/c14-7-1-3-9-10-4-2-8(15)6-12(10)16-13(17)11(9)5-7/h1-6H,14-15H2,(H,16,17). The molecule has 2 aromatic carbocycles. The molecule has 4 heteroatoms. The van der Waals surface area contributed by atoms with Crippen molar-refractivity contribution >= 4 is 33.1 Å². The maximum atomic E-state index is 11.9. The number of nitrogens with one attached hydrogen (secondary N) is 1. The predicted molar refractivity (Wildman–Crippen MR) is 70.9 cm³/mol. The zero-order chi connectivity index (χ0) is 12.0. The molecule has 0 radical (unpaired) electrons. The van der Waals surface area contributed by atoms with Gasteiger partial charge in [-0.25, -0.2) is 0 Å². The normalized spacial score (nSPS) is 11.1. The van der Waals surface area contributed by atoms with Gasteiger partial charge in [-0.3, -0.25) is 4.79 Å². The van der Waals surface area contributed by atoms with E-state index >= 15 is 0 Å². The SMILES string of the molecule is Nc1ccc2c(c1)[nH]c(=O)c1cc(N)ccc12. The minimum absolute atomic E-state index is 0.148. The first-order valence-corrected chi connectivity index (χ1v) is 5.26. The van der Waals surface area contributed by atoms with Crippen LogP contribution in [0, 0.1) is 0 Å². The van der Waals surface area contributed by atoms with Crippen LogP contribution in [0.15, 0.2) is 41.2 Å². The zero-order valence-corrected chi connectivity index (χ0v) is 9.03. The molecule has 0 atom stereocenters. The molecule has 1 heterocycles. The van der Waals surface area contributed by atoms with Crippen molar-refractivity contribution in [2.75, 3.05) is 11.5 Å². The van der Waals surface area contributed by atoms with Crippen LogP contribution in [0.2, 0.25) is 0 Å². The van der Waals surface area contributed by atoms with Crippen molar-refractivity contribution in [1.82, 2.24) is 4.98 Å². The van der Waals surface area contributed by atoms with E-state index in [9.17, 15) is 4.79 Å². The molecule has 84 valence electrons. The summed E-state index contributed by atoms with van der Waals surface area (Å²) in [7, 11) is 0. The van der Waals surface area contributed by atoms with Crippen molar-refractivity contribution in [2.24, 2.45) is 0 Å². The molecule has 0 aliphatic heterocycles. The highest BCUT2D eigenvalue weighted by Gasteiger charge is 2.05. The summed E-state index contributed by atoms with van der Waals surface area (Å²) in [6.07, 6.45) is 0. The summed E-state index contributed by atoms with van der Waals surface area (Å²) in [5.74, 6) is 0. The molecule has 0 aliphatic rings. The summed E-state index contributed by atoms with van der Waals surface area (Å²) in [5.41, 5.74) is 13.2. The van der Waals surface area contributed by atoms with Crippen LogP contribution < -0.4 is 17.0 Å². The Morgan fingerprint density at radius 3 is 2.24 bits per heavy atom. The lowest BCUT2D eigenvalue weighted by molar-refractivity contribution is 1.34. The van der Waals surface area contributed by atoms with Gasteiger partial charge in [-0.05, 0) is 29.7 Å². The fourth-order valence-corrected chi connectivity index (χ4v) is 2.07. The first-order valence-electron chi connectivity index (χ1n) is 5.26. The van der Waals surface area contributed by atoms with Crippen molar-refractivity contribution in [3.63, 3.8) is 0 Å². The van der Waals surface area contributed by atoms with Gasteiger partial charge >= 0.3 is 0 Å². The summed E-state index contributed by atoms with van der Waals surface area (Å²) in [5, 5.41) is 2.45. The predicted octanol–water partition coefficient (Wildman–Crippen LogP) is 1.85. The molecule has 0 saturated heterocycles. The van der Waals surface area contributed by atoms with Crippen molar-refractivity contribution in [2.45, 2.75) is 0 Å². The van der Waals surface area contributed by atoms with Crippen LogP contribution in [-0.2, 0) is 0 Å². The lowest BCUT2D eigenvalue weighted by Crippen LogP contribution is -2.07. The number of hydrogen-bond donors (Lipinski definition) is 3. The fourth-order valence-electron chi connectivity index (χ4n) is 2.07. The average Bonchev–Trinajstić information content (AvgIpc) is 2.29. The number of benzene rings is 2. The van der Waals surface area contributed by atoms with Gasteiger partial charge in [0, 0.05) is 22.1 Å². The molecule has 17 heavy (non-hydrogen) atoms. The Hall–Kier alpha value is -2.49. The van der Waals surface area contributed by atoms with E-state index in [4.69, 9.17) is 11.5 Å². The van der Waals surface area contributed by atoms with Gasteiger partial charge in [-0.2, -0.15) is 0 Å². The number of aromatic amines is 1. The van der Waals surface area contributed by atoms with E-state index < -0.39 is 0 Å². The number of aromatic nitrogens is 1. The van der Waals surface area contributed by atoms with Gasteiger partial charge in [-0.15, -0.1) is 0 Å². The number of anilines is 2. The van der Waals surface area contributed by atoms with Gasteiger partial charge in [0.05, 0.1) is 5.52 Å². The van der Waals surface area contributed by atoms with Crippen molar-refractivity contribution < 1.29 is 0 Å². The van der Waals surface area contributed by atoms with Gasteiger partial charge in [0.15, 0.2) is 0 Å². The maximum Gasteiger partial charge on any atom is 0.256 e. The van der Waals surface area contributed by atoms with E-state index in [0.717, 1.165) is 16.3 Å². The second kappa shape index (κ2) is 3.25. The summed E-state index contributed by atoms with van der Waals surface area (Å²) in [4.78, 5) is 14.7. The average molecular weight is 225 g/mol. The van der Waals surface area contributed by atoms with E-state index in [1.54, 1.807) is 18.2 Å². The molecule has 0 bridgehead atoms. The topological polar surface area (TPSA) is 84.9 Å². The third kappa shape index (κ3) is 1.42. The molecule has 0 amide bonds. The minimum Gasteiger partial charge on any atom is -0.399 e. The number of pyridine rings is 1. The highest BCUT2D eigenvalue weighted by Crippen LogP contribution is 2.24. The van der Waals surface area contributed by atoms with E-state index in [1.807, 2.05) is 18.2 Å². The van der Waals surface area contributed by atoms with E-state index in [1.165, 1.54) is 0 Å². The summed E-state index contributed by atoms with van der Waals surface area (Å²) < 4.78 is 0. The van der Waals surface area contributed by atoms with Gasteiger partial charge in [0.2, 0.25) is 0 Å². The molecule has 1 aromatic heterocycles. The number of rotatable bonds is 0. The lowest BCUT2D eigenvalue weighted by atomic mass is 10.1. The summed E-state index contributed by atoms with van der Waals surface area (Å²) >= 11 is 0. The molecule has 4 nitrogen and oxygen atoms in total. The van der Waals surface area contributed by atoms with Gasteiger partial charge in [0.1, 0.15) is 0 Å². The van der Waals surface area contributed by atoms with E-state index in [-0.39, 0.29) is 5.56 Å². The zero-order valence-electron chi connectivity index (χ0n) is 9.03. The Morgan fingerprint density at radius 2 is 1.47 bits per heavy atom. The largest absolute Gasteiger partial charge is 0.399 e. The van der Waals surface area contributed by atoms with Gasteiger partial charge in [-0.1, -0.05) is 12.1 Å².